The summed E-state index contributed by atoms with van der Waals surface area (Å²) in [6, 6.07) is 16.3. The quantitative estimate of drug-likeness (QED) is 0.737. The number of Topliss-reactive ketones (excluding diaryl/α,β-unsaturated/α-hetero) is 1. The van der Waals surface area contributed by atoms with E-state index in [1.807, 2.05) is 0 Å². The average molecular weight is 417 g/mol. The molecule has 7 heteroatoms. The van der Waals surface area contributed by atoms with Crippen LogP contribution in [0.3, 0.4) is 0 Å². The van der Waals surface area contributed by atoms with Gasteiger partial charge in [0.15, 0.2) is 5.78 Å². The Bertz CT molecular complexity index is 1220. The van der Waals surface area contributed by atoms with E-state index in [-0.39, 0.29) is 17.2 Å². The van der Waals surface area contributed by atoms with Crippen molar-refractivity contribution in [3.8, 4) is 6.07 Å². The van der Waals surface area contributed by atoms with E-state index < -0.39 is 11.3 Å². The molecule has 2 aliphatic heterocycles. The molecule has 6 nitrogen and oxygen atoms in total. The minimum absolute atomic E-state index is 0.0638. The molecule has 2 heterocycles. The number of hydrogen-bond acceptors (Lipinski definition) is 5. The van der Waals surface area contributed by atoms with Crippen LogP contribution >= 0.6 is 11.6 Å². The number of amides is 1. The number of nitrogens with two attached hydrogens (primary N) is 1. The Hall–Kier alpha value is -3.56. The van der Waals surface area contributed by atoms with E-state index >= 15 is 0 Å². The zero-order chi connectivity index (χ0) is 21.0. The molecule has 1 amide bonds. The van der Waals surface area contributed by atoms with Gasteiger partial charge in [-0.25, -0.2) is 0 Å². The maximum absolute atomic E-state index is 13.4. The summed E-state index contributed by atoms with van der Waals surface area (Å²) >= 11 is 6.04. The smallest absolute Gasteiger partial charge is 0.245 e. The van der Waals surface area contributed by atoms with Crippen molar-refractivity contribution in [3.63, 3.8) is 0 Å². The summed E-state index contributed by atoms with van der Waals surface area (Å²) < 4.78 is 0. The Labute approximate surface area is 178 Å². The maximum Gasteiger partial charge on any atom is 0.245 e. The molecule has 0 saturated carbocycles. The lowest BCUT2D eigenvalue weighted by atomic mass is 9.64. The Morgan fingerprint density at radius 2 is 1.83 bits per heavy atom. The predicted octanol–water partition coefficient (Wildman–Crippen LogP) is 3.75. The normalized spacial score (nSPS) is 22.7. The summed E-state index contributed by atoms with van der Waals surface area (Å²) in [5.41, 5.74) is 7.97. The lowest BCUT2D eigenvalue weighted by Gasteiger charge is -2.43. The van der Waals surface area contributed by atoms with Gasteiger partial charge in [0, 0.05) is 39.7 Å². The molecule has 0 unspecified atom stereocenters. The van der Waals surface area contributed by atoms with E-state index in [2.05, 4.69) is 11.4 Å². The first kappa shape index (κ1) is 18.5. The molecule has 3 N–H and O–H groups in total. The van der Waals surface area contributed by atoms with E-state index in [1.54, 1.807) is 53.4 Å². The van der Waals surface area contributed by atoms with E-state index in [1.165, 1.54) is 0 Å². The molecule has 0 fully saturated rings. The molecular weight excluding hydrogens is 400 g/mol. The number of anilines is 2. The molecule has 1 aliphatic carbocycles. The standard InChI is InChI=1S/C23H17ClN4O2/c24-13-8-10-14(11-9-13)28-18-6-3-7-19(29)20(18)23(16(12-25)21(28)26)15-4-1-2-5-17(15)27-22(23)30/h1-2,4-5,8-11H,3,6-7,26H2,(H,27,30)/t23-/m1/s1. The lowest BCUT2D eigenvalue weighted by Crippen LogP contribution is -2.50. The molecule has 0 radical (unpaired) electrons. The molecule has 3 aliphatic rings. The molecule has 30 heavy (non-hydrogen) atoms. The van der Waals surface area contributed by atoms with Gasteiger partial charge in [0.05, 0.1) is 5.57 Å². The summed E-state index contributed by atoms with van der Waals surface area (Å²) in [5.74, 6) is -0.399. The summed E-state index contributed by atoms with van der Waals surface area (Å²) in [7, 11) is 0. The Morgan fingerprint density at radius 1 is 1.10 bits per heavy atom. The minimum Gasteiger partial charge on any atom is -0.384 e. The molecule has 0 aromatic heterocycles. The number of rotatable bonds is 1. The number of carbonyl (C=O) groups excluding carboxylic acids is 2. The fourth-order valence-corrected chi connectivity index (χ4v) is 4.96. The Kier molecular flexibility index (Phi) is 3.99. The zero-order valence-corrected chi connectivity index (χ0v) is 16.7. The van der Waals surface area contributed by atoms with Crippen LogP contribution in [-0.2, 0) is 15.0 Å². The number of para-hydroxylation sites is 1. The van der Waals surface area contributed by atoms with Crippen molar-refractivity contribution >= 4 is 34.7 Å². The Morgan fingerprint density at radius 3 is 2.57 bits per heavy atom. The Balaban J connectivity index is 1.87. The third-order valence-electron chi connectivity index (χ3n) is 6.02. The van der Waals surface area contributed by atoms with Gasteiger partial charge in [-0.15, -0.1) is 0 Å². The van der Waals surface area contributed by atoms with Crippen LogP contribution in [0.1, 0.15) is 24.8 Å². The summed E-state index contributed by atoms with van der Waals surface area (Å²) in [5, 5.41) is 13.6. The number of fused-ring (bicyclic) bond motifs is 3. The van der Waals surface area contributed by atoms with Crippen LogP contribution in [0.25, 0.3) is 0 Å². The van der Waals surface area contributed by atoms with Crippen LogP contribution in [-0.4, -0.2) is 11.7 Å². The van der Waals surface area contributed by atoms with Gasteiger partial charge in [-0.1, -0.05) is 29.8 Å². The van der Waals surface area contributed by atoms with Gasteiger partial charge in [0.2, 0.25) is 5.91 Å². The second-order valence-corrected chi connectivity index (χ2v) is 7.97. The third kappa shape index (κ3) is 2.24. The van der Waals surface area contributed by atoms with Crippen LogP contribution < -0.4 is 16.0 Å². The highest BCUT2D eigenvalue weighted by Crippen LogP contribution is 2.54. The van der Waals surface area contributed by atoms with Gasteiger partial charge < -0.3 is 11.1 Å². The van der Waals surface area contributed by atoms with E-state index in [4.69, 9.17) is 17.3 Å². The number of halogens is 1. The SMILES string of the molecule is N#CC1=C(N)N(c2ccc(Cl)cc2)C2=C(C(=O)CCC2)[C@]12C(=O)Nc1ccccc12. The minimum atomic E-state index is -1.52. The van der Waals surface area contributed by atoms with Crippen LogP contribution in [0, 0.1) is 11.3 Å². The molecule has 0 saturated heterocycles. The van der Waals surface area contributed by atoms with Gasteiger partial charge in [0.1, 0.15) is 17.3 Å². The van der Waals surface area contributed by atoms with Crippen molar-refractivity contribution in [3.05, 3.63) is 81.8 Å². The highest BCUT2D eigenvalue weighted by Gasteiger charge is 2.59. The first-order chi connectivity index (χ1) is 14.5. The van der Waals surface area contributed by atoms with Crippen molar-refractivity contribution in [2.24, 2.45) is 5.73 Å². The lowest BCUT2D eigenvalue weighted by molar-refractivity contribution is -0.122. The van der Waals surface area contributed by atoms with Crippen molar-refractivity contribution in [2.45, 2.75) is 24.7 Å². The predicted molar refractivity (Wildman–Crippen MR) is 113 cm³/mol. The fraction of sp³-hybridized carbons (Fsp3) is 0.174. The third-order valence-corrected chi connectivity index (χ3v) is 6.27. The van der Waals surface area contributed by atoms with E-state index in [0.29, 0.717) is 52.5 Å². The number of benzene rings is 2. The van der Waals surface area contributed by atoms with Gasteiger partial charge in [-0.3, -0.25) is 14.5 Å². The van der Waals surface area contributed by atoms with E-state index in [9.17, 15) is 14.9 Å². The van der Waals surface area contributed by atoms with Crippen molar-refractivity contribution in [1.82, 2.24) is 0 Å². The summed E-state index contributed by atoms with van der Waals surface area (Å²) in [6.45, 7) is 0. The zero-order valence-electron chi connectivity index (χ0n) is 15.9. The molecule has 1 atom stereocenters. The van der Waals surface area contributed by atoms with Gasteiger partial charge in [0.25, 0.3) is 0 Å². The number of nitriles is 1. The fourth-order valence-electron chi connectivity index (χ4n) is 4.83. The van der Waals surface area contributed by atoms with Gasteiger partial charge in [-0.2, -0.15) is 5.26 Å². The molecule has 1 spiro atoms. The topological polar surface area (TPSA) is 99.2 Å². The van der Waals surface area contributed by atoms with E-state index in [0.717, 1.165) is 0 Å². The highest BCUT2D eigenvalue weighted by molar-refractivity contribution is 6.30. The number of nitrogens with zero attached hydrogens (tertiary/aromatic N) is 2. The molecule has 148 valence electrons. The average Bonchev–Trinajstić information content (AvgIpc) is 3.02. The second kappa shape index (κ2) is 6.48. The van der Waals surface area contributed by atoms with Crippen molar-refractivity contribution in [2.75, 3.05) is 10.2 Å². The number of nitrogens with one attached hydrogen (secondary N) is 1. The second-order valence-electron chi connectivity index (χ2n) is 7.53. The summed E-state index contributed by atoms with van der Waals surface area (Å²) in [4.78, 5) is 28.4. The summed E-state index contributed by atoms with van der Waals surface area (Å²) in [6.07, 6.45) is 1.54. The maximum atomic E-state index is 13.4. The number of carbonyl (C=O) groups is 2. The number of allylic oxidation sites excluding steroid dienone is 1. The van der Waals surface area contributed by atoms with Crippen LogP contribution in [0.15, 0.2) is 71.2 Å². The van der Waals surface area contributed by atoms with Crippen LogP contribution in [0.2, 0.25) is 5.02 Å². The van der Waals surface area contributed by atoms with Crippen LogP contribution in [0.4, 0.5) is 11.4 Å². The molecular formula is C23H17ClN4O2. The van der Waals surface area contributed by atoms with Crippen LogP contribution in [0.5, 0.6) is 0 Å². The van der Waals surface area contributed by atoms with Gasteiger partial charge >= 0.3 is 0 Å². The first-order valence-electron chi connectivity index (χ1n) is 9.64. The number of hydrogen-bond donors (Lipinski definition) is 2. The van der Waals surface area contributed by atoms with Crippen molar-refractivity contribution in [1.29, 1.82) is 5.26 Å². The largest absolute Gasteiger partial charge is 0.384 e. The highest BCUT2D eigenvalue weighted by atomic mass is 35.5. The molecule has 0 bridgehead atoms. The van der Waals surface area contributed by atoms with Crippen molar-refractivity contribution < 1.29 is 9.59 Å². The van der Waals surface area contributed by atoms with Gasteiger partial charge in [-0.05, 0) is 43.2 Å². The molecule has 5 rings (SSSR count). The number of ketones is 1. The molecule has 2 aromatic carbocycles. The molecule has 2 aromatic rings. The first-order valence-corrected chi connectivity index (χ1v) is 10.0. The monoisotopic (exact) mass is 416 g/mol.